The molecule has 0 saturated heterocycles. The predicted octanol–water partition coefficient (Wildman–Crippen LogP) is 6.35. The van der Waals surface area contributed by atoms with E-state index in [9.17, 15) is 0 Å². The number of benzene rings is 2. The molecule has 0 unspecified atom stereocenters. The average Bonchev–Trinajstić information content (AvgIpc) is 3.32. The summed E-state index contributed by atoms with van der Waals surface area (Å²) in [6, 6.07) is 18.9. The monoisotopic (exact) mass is 362 g/mol. The Morgan fingerprint density at radius 2 is 1.41 bits per heavy atom. The molecule has 3 nitrogen and oxygen atoms in total. The van der Waals surface area contributed by atoms with Gasteiger partial charge in [0.25, 0.3) is 0 Å². The fraction of sp³-hybridized carbons (Fsp3) is 0.375. The molecule has 0 bridgehead atoms. The molecule has 1 fully saturated rings. The first-order valence-electron chi connectivity index (χ1n) is 9.89. The smallest absolute Gasteiger partial charge is 0.119 e. The molecule has 142 valence electrons. The van der Waals surface area contributed by atoms with E-state index in [0.29, 0.717) is 17.9 Å². The van der Waals surface area contributed by atoms with Crippen LogP contribution in [0, 0.1) is 0 Å². The highest BCUT2D eigenvalue weighted by molar-refractivity contribution is 5.34. The van der Waals surface area contributed by atoms with Crippen LogP contribution in [0.3, 0.4) is 0 Å². The van der Waals surface area contributed by atoms with Crippen LogP contribution < -0.4 is 4.74 Å². The van der Waals surface area contributed by atoms with Crippen molar-refractivity contribution >= 4 is 0 Å². The first-order chi connectivity index (χ1) is 13.0. The number of ether oxygens (including phenoxy) is 1. The Morgan fingerprint density at radius 3 is 1.85 bits per heavy atom. The Labute approximate surface area is 163 Å². The minimum absolute atomic E-state index is 0.505. The van der Waals surface area contributed by atoms with Gasteiger partial charge in [0.15, 0.2) is 0 Å². The van der Waals surface area contributed by atoms with Crippen molar-refractivity contribution in [2.24, 2.45) is 0 Å². The number of nitrogens with zero attached hydrogens (tertiary/aromatic N) is 2. The second-order valence-corrected chi connectivity index (χ2v) is 7.74. The fourth-order valence-corrected chi connectivity index (χ4v) is 2.74. The minimum atomic E-state index is 0.505. The molecule has 0 spiro atoms. The van der Waals surface area contributed by atoms with Crippen molar-refractivity contribution in [2.75, 3.05) is 0 Å². The van der Waals surface area contributed by atoms with Crippen LogP contribution in [0.4, 0.5) is 0 Å². The molecule has 0 atom stereocenters. The largest absolute Gasteiger partial charge is 0.490 e. The van der Waals surface area contributed by atoms with E-state index in [1.165, 1.54) is 24.0 Å². The number of aromatic nitrogens is 2. The second kappa shape index (κ2) is 8.90. The molecule has 0 aliphatic heterocycles. The van der Waals surface area contributed by atoms with E-state index in [4.69, 9.17) is 4.74 Å². The zero-order valence-corrected chi connectivity index (χ0v) is 16.8. The van der Waals surface area contributed by atoms with Crippen molar-refractivity contribution in [3.8, 4) is 11.4 Å². The Kier molecular flexibility index (Phi) is 6.33. The lowest BCUT2D eigenvalue weighted by Crippen LogP contribution is -1.96. The number of hydrogen-bond donors (Lipinski definition) is 0. The maximum Gasteiger partial charge on any atom is 0.119 e. The summed E-state index contributed by atoms with van der Waals surface area (Å²) < 4.78 is 7.53. The van der Waals surface area contributed by atoms with E-state index >= 15 is 0 Å². The zero-order chi connectivity index (χ0) is 19.2. The maximum absolute atomic E-state index is 5.66. The molecule has 3 heteroatoms. The molecular formula is C24H30N2O. The summed E-state index contributed by atoms with van der Waals surface area (Å²) in [7, 11) is 0. The van der Waals surface area contributed by atoms with E-state index in [1.807, 2.05) is 16.9 Å². The van der Waals surface area contributed by atoms with Crippen LogP contribution in [0.25, 0.3) is 5.69 Å². The van der Waals surface area contributed by atoms with Gasteiger partial charge in [-0.05, 0) is 66.1 Å². The topological polar surface area (TPSA) is 27.1 Å². The van der Waals surface area contributed by atoms with Crippen LogP contribution in [0.2, 0.25) is 0 Å². The van der Waals surface area contributed by atoms with Crippen molar-refractivity contribution in [2.45, 2.75) is 58.5 Å². The van der Waals surface area contributed by atoms with Gasteiger partial charge in [-0.2, -0.15) is 5.10 Å². The summed E-state index contributed by atoms with van der Waals surface area (Å²) in [5.74, 6) is 2.21. The van der Waals surface area contributed by atoms with Gasteiger partial charge in [-0.25, -0.2) is 4.68 Å². The SMILES string of the molecule is CC(C)c1ccc(-n2cccn2)cc1.CC(C)c1ccc(OC2CC2)cc1. The van der Waals surface area contributed by atoms with Gasteiger partial charge in [0.2, 0.25) is 0 Å². The first-order valence-corrected chi connectivity index (χ1v) is 9.89. The third-order valence-electron chi connectivity index (χ3n) is 4.70. The highest BCUT2D eigenvalue weighted by Crippen LogP contribution is 2.27. The molecule has 0 amide bonds. The lowest BCUT2D eigenvalue weighted by atomic mass is 10.0. The quantitative estimate of drug-likeness (QED) is 0.529. The number of rotatable bonds is 5. The van der Waals surface area contributed by atoms with Crippen LogP contribution in [0.1, 0.15) is 63.5 Å². The van der Waals surface area contributed by atoms with Crippen molar-refractivity contribution in [3.05, 3.63) is 78.1 Å². The van der Waals surface area contributed by atoms with Gasteiger partial charge < -0.3 is 4.74 Å². The van der Waals surface area contributed by atoms with Gasteiger partial charge >= 0.3 is 0 Å². The second-order valence-electron chi connectivity index (χ2n) is 7.74. The molecular weight excluding hydrogens is 332 g/mol. The van der Waals surface area contributed by atoms with E-state index in [1.54, 1.807) is 6.20 Å². The van der Waals surface area contributed by atoms with E-state index in [-0.39, 0.29) is 0 Å². The molecule has 27 heavy (non-hydrogen) atoms. The van der Waals surface area contributed by atoms with Crippen LogP contribution in [0.5, 0.6) is 5.75 Å². The molecule has 1 aromatic heterocycles. The summed E-state index contributed by atoms with van der Waals surface area (Å²) in [6.45, 7) is 8.80. The molecule has 0 N–H and O–H groups in total. The Balaban J connectivity index is 0.000000156. The van der Waals surface area contributed by atoms with E-state index in [2.05, 4.69) is 81.3 Å². The van der Waals surface area contributed by atoms with Crippen LogP contribution in [-0.2, 0) is 0 Å². The molecule has 1 heterocycles. The summed E-state index contributed by atoms with van der Waals surface area (Å²) in [4.78, 5) is 0. The lowest BCUT2D eigenvalue weighted by Gasteiger charge is -2.07. The van der Waals surface area contributed by atoms with E-state index in [0.717, 1.165) is 11.4 Å². The number of hydrogen-bond acceptors (Lipinski definition) is 2. The van der Waals surface area contributed by atoms with Crippen molar-refractivity contribution in [1.82, 2.24) is 9.78 Å². The van der Waals surface area contributed by atoms with E-state index < -0.39 is 0 Å². The lowest BCUT2D eigenvalue weighted by molar-refractivity contribution is 0.303. The average molecular weight is 363 g/mol. The minimum Gasteiger partial charge on any atom is -0.490 e. The molecule has 1 saturated carbocycles. The maximum atomic E-state index is 5.66. The van der Waals surface area contributed by atoms with Gasteiger partial charge in [-0.3, -0.25) is 0 Å². The van der Waals surface area contributed by atoms with Gasteiger partial charge in [-0.1, -0.05) is 52.0 Å². The van der Waals surface area contributed by atoms with Crippen LogP contribution in [0.15, 0.2) is 67.0 Å². The van der Waals surface area contributed by atoms with Crippen LogP contribution >= 0.6 is 0 Å². The van der Waals surface area contributed by atoms with Gasteiger partial charge in [0.05, 0.1) is 11.8 Å². The highest BCUT2D eigenvalue weighted by atomic mass is 16.5. The summed E-state index contributed by atoms with van der Waals surface area (Å²) in [5.41, 5.74) is 3.85. The Morgan fingerprint density at radius 1 is 0.852 bits per heavy atom. The Hall–Kier alpha value is -2.55. The zero-order valence-electron chi connectivity index (χ0n) is 16.8. The van der Waals surface area contributed by atoms with Crippen molar-refractivity contribution in [3.63, 3.8) is 0 Å². The Bertz CT molecular complexity index is 799. The molecule has 0 radical (unpaired) electrons. The highest BCUT2D eigenvalue weighted by Gasteiger charge is 2.23. The van der Waals surface area contributed by atoms with Crippen LogP contribution in [-0.4, -0.2) is 15.9 Å². The normalized spacial score (nSPS) is 13.4. The first kappa shape index (κ1) is 19.2. The summed E-state index contributed by atoms with van der Waals surface area (Å²) in [5, 5.41) is 4.18. The third kappa shape index (κ3) is 5.72. The summed E-state index contributed by atoms with van der Waals surface area (Å²) >= 11 is 0. The third-order valence-corrected chi connectivity index (χ3v) is 4.70. The van der Waals surface area contributed by atoms with Crippen molar-refractivity contribution in [1.29, 1.82) is 0 Å². The molecule has 1 aliphatic rings. The van der Waals surface area contributed by atoms with Gasteiger partial charge in [0, 0.05) is 12.4 Å². The molecule has 3 aromatic rings. The molecule has 1 aliphatic carbocycles. The van der Waals surface area contributed by atoms with Gasteiger partial charge in [0.1, 0.15) is 5.75 Å². The van der Waals surface area contributed by atoms with Crippen molar-refractivity contribution < 1.29 is 4.74 Å². The molecule has 2 aromatic carbocycles. The standard InChI is InChI=1S/C12H14N2.C12H16O/c1-10(2)11-4-6-12(7-5-11)14-9-3-8-13-14;1-9(2)10-3-5-11(6-4-10)13-12-7-8-12/h3-10H,1-2H3;3-6,9,12H,7-8H2,1-2H3. The summed E-state index contributed by atoms with van der Waals surface area (Å²) in [6.07, 6.45) is 6.70. The fourth-order valence-electron chi connectivity index (χ4n) is 2.74. The predicted molar refractivity (Wildman–Crippen MR) is 112 cm³/mol. The molecule has 4 rings (SSSR count). The van der Waals surface area contributed by atoms with Gasteiger partial charge in [-0.15, -0.1) is 0 Å².